The van der Waals surface area contributed by atoms with E-state index < -0.39 is 0 Å². The summed E-state index contributed by atoms with van der Waals surface area (Å²) in [6, 6.07) is 5.08. The summed E-state index contributed by atoms with van der Waals surface area (Å²) in [6.45, 7) is 1.31. The minimum Gasteiger partial charge on any atom is -0.390 e. The Morgan fingerprint density at radius 2 is 2.00 bits per heavy atom. The average molecular weight is 237 g/mol. The van der Waals surface area contributed by atoms with Crippen molar-refractivity contribution in [2.45, 2.75) is 6.61 Å². The highest BCUT2D eigenvalue weighted by Gasteiger charge is 2.13. The maximum absolute atomic E-state index is 12.0. The number of carbonyl (C=O) groups is 1. The Bertz CT molecular complexity index is 380. The van der Waals surface area contributed by atoms with Crippen molar-refractivity contribution >= 4 is 5.91 Å². The van der Waals surface area contributed by atoms with E-state index in [9.17, 15) is 4.79 Å². The molecule has 0 spiro atoms. The van der Waals surface area contributed by atoms with Crippen molar-refractivity contribution in [3.05, 3.63) is 29.6 Å². The number of hydrogen-bond acceptors (Lipinski definition) is 4. The SMILES string of the molecule is CN(C)CCN(C)C(=O)c1cccc(CO)n1. The summed E-state index contributed by atoms with van der Waals surface area (Å²) in [4.78, 5) is 19.7. The highest BCUT2D eigenvalue weighted by atomic mass is 16.3. The molecular weight excluding hydrogens is 218 g/mol. The Morgan fingerprint density at radius 3 is 2.59 bits per heavy atom. The number of amides is 1. The monoisotopic (exact) mass is 237 g/mol. The lowest BCUT2D eigenvalue weighted by Crippen LogP contribution is -2.34. The number of hydrogen-bond donors (Lipinski definition) is 1. The predicted molar refractivity (Wildman–Crippen MR) is 65.7 cm³/mol. The third-order valence-corrected chi connectivity index (χ3v) is 2.42. The summed E-state index contributed by atoms with van der Waals surface area (Å²) in [6.07, 6.45) is 0. The molecule has 94 valence electrons. The lowest BCUT2D eigenvalue weighted by atomic mass is 10.3. The molecule has 5 heteroatoms. The molecule has 0 radical (unpaired) electrons. The van der Waals surface area contributed by atoms with Crippen LogP contribution in [-0.4, -0.2) is 60.0 Å². The van der Waals surface area contributed by atoms with Gasteiger partial charge < -0.3 is 14.9 Å². The van der Waals surface area contributed by atoms with Gasteiger partial charge in [-0.2, -0.15) is 0 Å². The molecular formula is C12H19N3O2. The Hall–Kier alpha value is -1.46. The van der Waals surface area contributed by atoms with Gasteiger partial charge in [-0.3, -0.25) is 4.79 Å². The number of rotatable bonds is 5. The second-order valence-electron chi connectivity index (χ2n) is 4.20. The van der Waals surface area contributed by atoms with Crippen LogP contribution in [0.25, 0.3) is 0 Å². The fraction of sp³-hybridized carbons (Fsp3) is 0.500. The molecule has 0 aromatic carbocycles. The summed E-state index contributed by atoms with van der Waals surface area (Å²) in [5, 5.41) is 8.96. The maximum Gasteiger partial charge on any atom is 0.272 e. The third kappa shape index (κ3) is 4.13. The van der Waals surface area contributed by atoms with Crippen LogP contribution in [0.4, 0.5) is 0 Å². The van der Waals surface area contributed by atoms with Crippen LogP contribution in [0.15, 0.2) is 18.2 Å². The van der Waals surface area contributed by atoms with Gasteiger partial charge in [0.15, 0.2) is 0 Å². The molecule has 1 N–H and O–H groups in total. The summed E-state index contributed by atoms with van der Waals surface area (Å²) in [7, 11) is 5.67. The Kier molecular flexibility index (Phi) is 5.06. The first-order valence-electron chi connectivity index (χ1n) is 5.51. The topological polar surface area (TPSA) is 56.7 Å². The summed E-state index contributed by atoms with van der Waals surface area (Å²) in [5.41, 5.74) is 0.884. The molecule has 0 aliphatic heterocycles. The quantitative estimate of drug-likeness (QED) is 0.795. The van der Waals surface area contributed by atoms with Crippen LogP contribution in [-0.2, 0) is 6.61 Å². The molecule has 0 aliphatic carbocycles. The Balaban J connectivity index is 2.67. The van der Waals surface area contributed by atoms with E-state index in [0.717, 1.165) is 6.54 Å². The molecule has 1 heterocycles. The van der Waals surface area contributed by atoms with Crippen LogP contribution in [0.2, 0.25) is 0 Å². The number of carbonyl (C=O) groups excluding carboxylic acids is 1. The average Bonchev–Trinajstić information content (AvgIpc) is 2.35. The van der Waals surface area contributed by atoms with Gasteiger partial charge >= 0.3 is 0 Å². The van der Waals surface area contributed by atoms with Crippen LogP contribution in [0.3, 0.4) is 0 Å². The van der Waals surface area contributed by atoms with E-state index in [1.165, 1.54) is 0 Å². The van der Waals surface area contributed by atoms with Crippen molar-refractivity contribution in [1.29, 1.82) is 0 Å². The van der Waals surface area contributed by atoms with Gasteiger partial charge in [0.05, 0.1) is 12.3 Å². The second-order valence-corrected chi connectivity index (χ2v) is 4.20. The van der Waals surface area contributed by atoms with Crippen LogP contribution in [0.5, 0.6) is 0 Å². The summed E-state index contributed by atoms with van der Waals surface area (Å²) < 4.78 is 0. The number of aliphatic hydroxyl groups excluding tert-OH is 1. The third-order valence-electron chi connectivity index (χ3n) is 2.42. The van der Waals surface area contributed by atoms with Crippen molar-refractivity contribution in [2.75, 3.05) is 34.2 Å². The maximum atomic E-state index is 12.0. The fourth-order valence-electron chi connectivity index (χ4n) is 1.33. The van der Waals surface area contributed by atoms with Crippen LogP contribution >= 0.6 is 0 Å². The van der Waals surface area contributed by atoms with Crippen LogP contribution in [0, 0.1) is 0 Å². The molecule has 0 saturated carbocycles. The second kappa shape index (κ2) is 6.32. The zero-order valence-corrected chi connectivity index (χ0v) is 10.6. The number of nitrogens with zero attached hydrogens (tertiary/aromatic N) is 3. The van der Waals surface area contributed by atoms with Crippen molar-refractivity contribution in [3.8, 4) is 0 Å². The first-order chi connectivity index (χ1) is 8.04. The first kappa shape index (κ1) is 13.6. The first-order valence-corrected chi connectivity index (χ1v) is 5.51. The van der Waals surface area contributed by atoms with Gasteiger partial charge in [0.25, 0.3) is 5.91 Å². The largest absolute Gasteiger partial charge is 0.390 e. The van der Waals surface area contributed by atoms with Gasteiger partial charge in [0.1, 0.15) is 5.69 Å². The van der Waals surface area contributed by atoms with Gasteiger partial charge in [0.2, 0.25) is 0 Å². The van der Waals surface area contributed by atoms with Crippen molar-refractivity contribution < 1.29 is 9.90 Å². The molecule has 0 atom stereocenters. The van der Waals surface area contributed by atoms with E-state index in [2.05, 4.69) is 4.98 Å². The molecule has 0 bridgehead atoms. The highest BCUT2D eigenvalue weighted by Crippen LogP contribution is 2.03. The van der Waals surface area contributed by atoms with Crippen LogP contribution in [0.1, 0.15) is 16.2 Å². The summed E-state index contributed by atoms with van der Waals surface area (Å²) >= 11 is 0. The van der Waals surface area contributed by atoms with Gasteiger partial charge in [-0.25, -0.2) is 4.98 Å². The van der Waals surface area contributed by atoms with Crippen molar-refractivity contribution in [3.63, 3.8) is 0 Å². The van der Waals surface area contributed by atoms with Gasteiger partial charge in [0, 0.05) is 20.1 Å². The standard InChI is InChI=1S/C12H19N3O2/c1-14(2)7-8-15(3)12(17)11-6-4-5-10(9-16)13-11/h4-6,16H,7-9H2,1-3H3. The number of pyridine rings is 1. The number of aromatic nitrogens is 1. The van der Waals surface area contributed by atoms with Crippen molar-refractivity contribution in [1.82, 2.24) is 14.8 Å². The van der Waals surface area contributed by atoms with Gasteiger partial charge in [-0.15, -0.1) is 0 Å². The normalized spacial score (nSPS) is 10.6. The van der Waals surface area contributed by atoms with Gasteiger partial charge in [-0.05, 0) is 26.2 Å². The molecule has 1 aromatic rings. The molecule has 0 aliphatic rings. The predicted octanol–water partition coefficient (Wildman–Crippen LogP) is 0.207. The molecule has 0 unspecified atom stereocenters. The van der Waals surface area contributed by atoms with Gasteiger partial charge in [-0.1, -0.05) is 6.07 Å². The van der Waals surface area contributed by atoms with Crippen molar-refractivity contribution in [2.24, 2.45) is 0 Å². The zero-order chi connectivity index (χ0) is 12.8. The smallest absolute Gasteiger partial charge is 0.272 e. The summed E-state index contributed by atoms with van der Waals surface area (Å²) in [5.74, 6) is -0.123. The number of likely N-dealkylation sites (N-methyl/N-ethyl adjacent to an activating group) is 2. The van der Waals surface area contributed by atoms with Crippen LogP contribution < -0.4 is 0 Å². The van der Waals surface area contributed by atoms with E-state index >= 15 is 0 Å². The minimum absolute atomic E-state index is 0.123. The molecule has 5 nitrogen and oxygen atoms in total. The van der Waals surface area contributed by atoms with E-state index in [-0.39, 0.29) is 12.5 Å². The van der Waals surface area contributed by atoms with E-state index in [1.807, 2.05) is 19.0 Å². The van der Waals surface area contributed by atoms with E-state index in [1.54, 1.807) is 30.1 Å². The molecule has 1 aromatic heterocycles. The molecule has 1 rings (SSSR count). The molecule has 1 amide bonds. The van der Waals surface area contributed by atoms with E-state index in [4.69, 9.17) is 5.11 Å². The Labute approximate surface area is 102 Å². The molecule has 0 saturated heterocycles. The fourth-order valence-corrected chi connectivity index (χ4v) is 1.33. The lowest BCUT2D eigenvalue weighted by molar-refractivity contribution is 0.0780. The highest BCUT2D eigenvalue weighted by molar-refractivity contribution is 5.92. The molecule has 17 heavy (non-hydrogen) atoms. The minimum atomic E-state index is -0.150. The number of aliphatic hydroxyl groups is 1. The Morgan fingerprint density at radius 1 is 1.29 bits per heavy atom. The lowest BCUT2D eigenvalue weighted by Gasteiger charge is -2.19. The van der Waals surface area contributed by atoms with E-state index in [0.29, 0.717) is 17.9 Å². The molecule has 0 fully saturated rings. The zero-order valence-electron chi connectivity index (χ0n) is 10.6.